The van der Waals surface area contributed by atoms with Crippen molar-refractivity contribution in [2.24, 2.45) is 7.05 Å². The van der Waals surface area contributed by atoms with Crippen LogP contribution in [0.3, 0.4) is 0 Å². The number of carboxylic acid groups (broad SMARTS) is 1. The third kappa shape index (κ3) is 2.93. The molecule has 1 heterocycles. The fourth-order valence-electron chi connectivity index (χ4n) is 5.16. The van der Waals surface area contributed by atoms with Crippen LogP contribution in [0, 0.1) is 12.1 Å². The van der Waals surface area contributed by atoms with Crippen LogP contribution in [0.5, 0.6) is 0 Å². The van der Waals surface area contributed by atoms with E-state index < -0.39 is 5.97 Å². The van der Waals surface area contributed by atoms with E-state index in [0.717, 1.165) is 27.4 Å². The molecule has 0 fully saturated rings. The highest BCUT2D eigenvalue weighted by molar-refractivity contribution is 6.23. The zero-order valence-electron chi connectivity index (χ0n) is 18.8. The van der Waals surface area contributed by atoms with Crippen molar-refractivity contribution in [3.05, 3.63) is 103 Å². The summed E-state index contributed by atoms with van der Waals surface area (Å²) in [6.07, 6.45) is 0. The van der Waals surface area contributed by atoms with Crippen LogP contribution in [0.1, 0.15) is 10.4 Å². The zero-order valence-corrected chi connectivity index (χ0v) is 18.8. The molecule has 0 radical (unpaired) electrons. The Morgan fingerprint density at radius 2 is 1.49 bits per heavy atom. The summed E-state index contributed by atoms with van der Waals surface area (Å²) in [5.41, 5.74) is 4.15. The van der Waals surface area contributed by atoms with E-state index in [1.807, 2.05) is 35.9 Å². The summed E-state index contributed by atoms with van der Waals surface area (Å²) in [5, 5.41) is 16.8. The van der Waals surface area contributed by atoms with Crippen molar-refractivity contribution in [1.82, 2.24) is 9.55 Å². The summed E-state index contributed by atoms with van der Waals surface area (Å²) in [6, 6.07) is 35.0. The summed E-state index contributed by atoms with van der Waals surface area (Å²) in [5.74, 6) is -0.314. The molecule has 0 aliphatic heterocycles. The minimum Gasteiger partial charge on any atom is -0.479 e. The normalized spacial score (nSPS) is 11.8. The van der Waals surface area contributed by atoms with Crippen molar-refractivity contribution in [2.75, 3.05) is 0 Å². The summed E-state index contributed by atoms with van der Waals surface area (Å²) < 4.78 is 1.97. The first-order valence-corrected chi connectivity index (χ1v) is 11.4. The summed E-state index contributed by atoms with van der Waals surface area (Å²) in [7, 11) is 1.94. The molecule has 0 aliphatic rings. The third-order valence-electron chi connectivity index (χ3n) is 6.81. The molecule has 1 N–H and O–H groups in total. The molecule has 0 unspecified atom stereocenters. The van der Waals surface area contributed by atoms with Gasteiger partial charge in [0.1, 0.15) is 0 Å². The van der Waals surface area contributed by atoms with Gasteiger partial charge >= 0.3 is 5.97 Å². The molecular weight excluding hydrogens is 432 g/mol. The number of hydrogen-bond donors (Lipinski definition) is 1. The van der Waals surface area contributed by atoms with Gasteiger partial charge in [0.05, 0.1) is 16.9 Å². The standard InChI is InChI=1S/C31H18N2O2/c1-33-27-8-3-2-7-26(27)32-30(33)24-15-23(16-25(17-24)31(34)35)22-13-20-11-9-18-5-4-6-19-10-12-21(14-22)29(20)28(18)19/h2-13,16-17H,1H3,(H,34,35)/q-2. The number of rotatable bonds is 3. The largest absolute Gasteiger partial charge is 0.479 e. The lowest BCUT2D eigenvalue weighted by Crippen LogP contribution is -2.00. The molecule has 0 spiro atoms. The Morgan fingerprint density at radius 3 is 2.29 bits per heavy atom. The van der Waals surface area contributed by atoms with Crippen molar-refractivity contribution < 1.29 is 9.90 Å². The van der Waals surface area contributed by atoms with E-state index in [1.54, 1.807) is 12.1 Å². The Bertz CT molecular complexity index is 1880. The number of aryl methyl sites for hydroxylation is 1. The lowest BCUT2D eigenvalue weighted by molar-refractivity contribution is 0.0697. The molecule has 0 saturated heterocycles. The number of para-hydroxylation sites is 2. The molecule has 1 aromatic heterocycles. The van der Waals surface area contributed by atoms with Gasteiger partial charge in [-0.25, -0.2) is 4.79 Å². The molecule has 166 valence electrons. The molecule has 4 heteroatoms. The molecule has 7 rings (SSSR count). The van der Waals surface area contributed by atoms with Gasteiger partial charge in [-0.1, -0.05) is 64.9 Å². The summed E-state index contributed by atoms with van der Waals surface area (Å²) in [4.78, 5) is 16.8. The zero-order chi connectivity index (χ0) is 23.7. The second kappa shape index (κ2) is 7.15. The average molecular weight is 450 g/mol. The first-order valence-electron chi connectivity index (χ1n) is 11.4. The topological polar surface area (TPSA) is 55.1 Å². The number of nitrogens with zero attached hydrogens (tertiary/aromatic N) is 2. The average Bonchev–Trinajstić information content (AvgIpc) is 3.23. The lowest BCUT2D eigenvalue weighted by Gasteiger charge is -2.23. The number of aromatic carboxylic acids is 1. The van der Waals surface area contributed by atoms with Gasteiger partial charge < -0.3 is 9.67 Å². The molecule has 0 saturated carbocycles. The molecule has 6 aromatic carbocycles. The van der Waals surface area contributed by atoms with Gasteiger partial charge in [-0.15, -0.1) is 23.6 Å². The smallest absolute Gasteiger partial charge is 0.319 e. The molecule has 0 atom stereocenters. The Balaban J connectivity index is 1.49. The van der Waals surface area contributed by atoms with Crippen LogP contribution in [0.2, 0.25) is 0 Å². The van der Waals surface area contributed by atoms with E-state index in [1.165, 1.54) is 21.5 Å². The van der Waals surface area contributed by atoms with E-state index in [9.17, 15) is 9.90 Å². The number of benzene rings is 6. The van der Waals surface area contributed by atoms with Gasteiger partial charge in [-0.3, -0.25) is 4.98 Å². The Labute approximate surface area is 201 Å². The molecular formula is C31H18N2O2-2. The predicted octanol–water partition coefficient (Wildman–Crippen LogP) is 7.10. The highest BCUT2D eigenvalue weighted by Gasteiger charge is 2.09. The van der Waals surface area contributed by atoms with Gasteiger partial charge in [0.25, 0.3) is 0 Å². The molecule has 35 heavy (non-hydrogen) atoms. The monoisotopic (exact) mass is 450 g/mol. The molecule has 0 bridgehead atoms. The molecule has 4 nitrogen and oxygen atoms in total. The minimum absolute atomic E-state index is 0.194. The number of carbonyl (C=O) groups is 1. The van der Waals surface area contributed by atoms with Gasteiger partial charge in [0.2, 0.25) is 0 Å². The number of aromatic nitrogens is 2. The number of carboxylic acids is 1. The first kappa shape index (κ1) is 19.7. The van der Waals surface area contributed by atoms with Crippen LogP contribution < -0.4 is 0 Å². The van der Waals surface area contributed by atoms with Crippen LogP contribution in [0.15, 0.2) is 84.9 Å². The number of hydrogen-bond acceptors (Lipinski definition) is 2. The Hall–Kier alpha value is -4.70. The van der Waals surface area contributed by atoms with E-state index in [4.69, 9.17) is 4.98 Å². The van der Waals surface area contributed by atoms with Crippen LogP contribution in [-0.2, 0) is 7.05 Å². The van der Waals surface area contributed by atoms with Gasteiger partial charge in [-0.2, -0.15) is 29.3 Å². The third-order valence-corrected chi connectivity index (χ3v) is 6.81. The lowest BCUT2D eigenvalue weighted by atomic mass is 9.90. The van der Waals surface area contributed by atoms with Crippen LogP contribution in [0.4, 0.5) is 0 Å². The maximum atomic E-state index is 12.1. The highest BCUT2D eigenvalue weighted by Crippen LogP contribution is 2.38. The number of imidazole rings is 1. The van der Waals surface area contributed by atoms with E-state index >= 15 is 0 Å². The number of fused-ring (bicyclic) bond motifs is 1. The van der Waals surface area contributed by atoms with Crippen LogP contribution in [0.25, 0.3) is 65.9 Å². The fourth-order valence-corrected chi connectivity index (χ4v) is 5.16. The SMILES string of the molecule is Cn1c(-c2[c-]c(-c3[c-]c4ccc5cccc6ccc(c3)c4c56)cc(C(=O)O)c2)nc2ccccc21. The molecule has 0 aliphatic carbocycles. The van der Waals surface area contributed by atoms with Crippen LogP contribution >= 0.6 is 0 Å². The first-order chi connectivity index (χ1) is 17.1. The van der Waals surface area contributed by atoms with Crippen molar-refractivity contribution in [2.45, 2.75) is 0 Å². The highest BCUT2D eigenvalue weighted by atomic mass is 16.4. The van der Waals surface area contributed by atoms with Crippen molar-refractivity contribution in [3.8, 4) is 22.5 Å². The Kier molecular flexibility index (Phi) is 4.03. The summed E-state index contributed by atoms with van der Waals surface area (Å²) in [6.45, 7) is 0. The molecule has 7 aromatic rings. The van der Waals surface area contributed by atoms with Crippen molar-refractivity contribution in [3.63, 3.8) is 0 Å². The van der Waals surface area contributed by atoms with Gasteiger partial charge in [0, 0.05) is 7.05 Å². The fraction of sp³-hybridized carbons (Fsp3) is 0.0323. The van der Waals surface area contributed by atoms with E-state index in [-0.39, 0.29) is 5.56 Å². The predicted molar refractivity (Wildman–Crippen MR) is 140 cm³/mol. The maximum absolute atomic E-state index is 12.1. The van der Waals surface area contributed by atoms with Crippen LogP contribution in [-0.4, -0.2) is 20.6 Å². The van der Waals surface area contributed by atoms with Crippen molar-refractivity contribution in [1.29, 1.82) is 0 Å². The quantitative estimate of drug-likeness (QED) is 0.231. The minimum atomic E-state index is -0.988. The Morgan fingerprint density at radius 1 is 0.771 bits per heavy atom. The van der Waals surface area contributed by atoms with Gasteiger partial charge in [0.15, 0.2) is 0 Å². The van der Waals surface area contributed by atoms with E-state index in [2.05, 4.69) is 60.7 Å². The van der Waals surface area contributed by atoms with Crippen molar-refractivity contribution >= 4 is 49.3 Å². The van der Waals surface area contributed by atoms with Gasteiger partial charge in [-0.05, 0) is 33.9 Å². The second-order valence-electron chi connectivity index (χ2n) is 8.89. The second-order valence-corrected chi connectivity index (χ2v) is 8.89. The van der Waals surface area contributed by atoms with E-state index in [0.29, 0.717) is 17.0 Å². The summed E-state index contributed by atoms with van der Waals surface area (Å²) >= 11 is 0. The molecule has 0 amide bonds. The maximum Gasteiger partial charge on any atom is 0.319 e.